The van der Waals surface area contributed by atoms with E-state index >= 15 is 0 Å². The van der Waals surface area contributed by atoms with E-state index in [0.29, 0.717) is 34.2 Å². The van der Waals surface area contributed by atoms with Gasteiger partial charge in [-0.15, -0.1) is 0 Å². The number of ketones is 1. The molecule has 0 aliphatic carbocycles. The summed E-state index contributed by atoms with van der Waals surface area (Å²) < 4.78 is 16.0. The van der Waals surface area contributed by atoms with Crippen molar-refractivity contribution in [1.82, 2.24) is 0 Å². The molecule has 4 rings (SSSR count). The first kappa shape index (κ1) is 25.3. The van der Waals surface area contributed by atoms with Crippen molar-refractivity contribution < 1.29 is 33.7 Å². The molecule has 0 aromatic heterocycles. The Balaban J connectivity index is 1.90. The molecule has 1 unspecified atom stereocenters. The van der Waals surface area contributed by atoms with Gasteiger partial charge in [-0.1, -0.05) is 12.1 Å². The van der Waals surface area contributed by atoms with E-state index < -0.39 is 17.7 Å². The minimum Gasteiger partial charge on any atom is -0.507 e. The van der Waals surface area contributed by atoms with Crippen molar-refractivity contribution in [3.8, 4) is 17.2 Å². The van der Waals surface area contributed by atoms with Gasteiger partial charge in [-0.05, 0) is 60.2 Å². The molecule has 3 aromatic carbocycles. The lowest BCUT2D eigenvalue weighted by molar-refractivity contribution is -0.132. The molecule has 1 fully saturated rings. The van der Waals surface area contributed by atoms with E-state index in [1.54, 1.807) is 60.7 Å². The van der Waals surface area contributed by atoms with Gasteiger partial charge in [0.15, 0.2) is 11.5 Å². The van der Waals surface area contributed by atoms with Crippen LogP contribution in [0, 0.1) is 0 Å². The normalized spacial score (nSPS) is 16.4. The third kappa shape index (κ3) is 4.84. The molecule has 0 bridgehead atoms. The highest BCUT2D eigenvalue weighted by molar-refractivity contribution is 6.51. The second kappa shape index (κ2) is 10.4. The molecule has 0 saturated carbocycles. The molecule has 1 heterocycles. The minimum absolute atomic E-state index is 0.0867. The van der Waals surface area contributed by atoms with Crippen molar-refractivity contribution in [2.24, 2.45) is 0 Å². The van der Waals surface area contributed by atoms with Crippen LogP contribution in [0.4, 0.5) is 11.4 Å². The van der Waals surface area contributed by atoms with Gasteiger partial charge in [0, 0.05) is 23.9 Å². The van der Waals surface area contributed by atoms with Gasteiger partial charge < -0.3 is 24.6 Å². The average molecular weight is 503 g/mol. The van der Waals surface area contributed by atoms with Crippen LogP contribution in [-0.4, -0.2) is 44.0 Å². The number of aliphatic hydroxyl groups excluding tert-OH is 1. The van der Waals surface area contributed by atoms with Crippen molar-refractivity contribution in [3.63, 3.8) is 0 Å². The van der Waals surface area contributed by atoms with Gasteiger partial charge in [-0.3, -0.25) is 19.3 Å². The number of Topliss-reactive ketones (excluding diaryl/α,β-unsaturated/α-hetero) is 1. The first-order valence-corrected chi connectivity index (χ1v) is 11.3. The quantitative estimate of drug-likeness (QED) is 0.281. The Labute approximate surface area is 213 Å². The Hall–Kier alpha value is -4.79. The Morgan fingerprint density at radius 2 is 1.59 bits per heavy atom. The molecule has 190 valence electrons. The monoisotopic (exact) mass is 502 g/mol. The lowest BCUT2D eigenvalue weighted by Gasteiger charge is -2.26. The SMILES string of the molecule is COc1cccc(C2/C(=C(/O)c3ccc(OC)c(OC)c3)C(=O)C(=O)N2c2ccc(NC(C)=O)cc2)c1. The molecule has 1 aliphatic heterocycles. The number of anilines is 2. The van der Waals surface area contributed by atoms with Crippen LogP contribution in [0.2, 0.25) is 0 Å². The maximum Gasteiger partial charge on any atom is 0.300 e. The van der Waals surface area contributed by atoms with E-state index in [2.05, 4.69) is 5.32 Å². The molecule has 2 amide bonds. The molecule has 2 N–H and O–H groups in total. The van der Waals surface area contributed by atoms with Crippen LogP contribution in [0.3, 0.4) is 0 Å². The number of ether oxygens (including phenoxy) is 3. The smallest absolute Gasteiger partial charge is 0.300 e. The first-order chi connectivity index (χ1) is 17.8. The molecule has 3 aromatic rings. The summed E-state index contributed by atoms with van der Waals surface area (Å²) >= 11 is 0. The van der Waals surface area contributed by atoms with Crippen LogP contribution in [0.25, 0.3) is 5.76 Å². The lowest BCUT2D eigenvalue weighted by atomic mass is 9.94. The third-order valence-electron chi connectivity index (χ3n) is 5.98. The molecular weight excluding hydrogens is 476 g/mol. The summed E-state index contributed by atoms with van der Waals surface area (Å²) in [7, 11) is 4.46. The summed E-state index contributed by atoms with van der Waals surface area (Å²) in [5.74, 6) is -0.914. The lowest BCUT2D eigenvalue weighted by Crippen LogP contribution is -2.29. The van der Waals surface area contributed by atoms with Crippen LogP contribution < -0.4 is 24.4 Å². The van der Waals surface area contributed by atoms with Crippen molar-refractivity contribution in [2.75, 3.05) is 31.5 Å². The van der Waals surface area contributed by atoms with Gasteiger partial charge >= 0.3 is 0 Å². The highest BCUT2D eigenvalue weighted by Gasteiger charge is 2.47. The summed E-state index contributed by atoms with van der Waals surface area (Å²) in [4.78, 5) is 39.5. The molecule has 9 nitrogen and oxygen atoms in total. The Morgan fingerprint density at radius 1 is 0.892 bits per heavy atom. The summed E-state index contributed by atoms with van der Waals surface area (Å²) in [5, 5.41) is 14.0. The first-order valence-electron chi connectivity index (χ1n) is 11.3. The summed E-state index contributed by atoms with van der Waals surface area (Å²) in [6.45, 7) is 1.39. The number of rotatable bonds is 7. The van der Waals surface area contributed by atoms with E-state index in [0.717, 1.165) is 0 Å². The molecule has 1 saturated heterocycles. The van der Waals surface area contributed by atoms with Crippen LogP contribution in [0.1, 0.15) is 24.1 Å². The Kier molecular flexibility index (Phi) is 7.15. The molecule has 37 heavy (non-hydrogen) atoms. The van der Waals surface area contributed by atoms with Gasteiger partial charge in [0.05, 0.1) is 32.9 Å². The average Bonchev–Trinajstić information content (AvgIpc) is 3.18. The number of benzene rings is 3. The highest BCUT2D eigenvalue weighted by atomic mass is 16.5. The van der Waals surface area contributed by atoms with Gasteiger partial charge in [0.2, 0.25) is 5.91 Å². The second-order valence-electron chi connectivity index (χ2n) is 8.24. The fourth-order valence-electron chi connectivity index (χ4n) is 4.27. The summed E-state index contributed by atoms with van der Waals surface area (Å²) in [5.41, 5.74) is 1.71. The number of carbonyl (C=O) groups is 3. The molecule has 9 heteroatoms. The maximum atomic E-state index is 13.4. The molecular formula is C28H26N2O7. The summed E-state index contributed by atoms with van der Waals surface area (Å²) in [6.07, 6.45) is 0. The van der Waals surface area contributed by atoms with Gasteiger partial charge in [0.25, 0.3) is 11.7 Å². The van der Waals surface area contributed by atoms with Gasteiger partial charge in [-0.2, -0.15) is 0 Å². The fourth-order valence-corrected chi connectivity index (χ4v) is 4.27. The fraction of sp³-hybridized carbons (Fsp3) is 0.179. The number of nitrogens with zero attached hydrogens (tertiary/aromatic N) is 1. The number of carbonyl (C=O) groups excluding carboxylic acids is 3. The number of aliphatic hydroxyl groups is 1. The molecule has 1 aliphatic rings. The number of hydrogen-bond acceptors (Lipinski definition) is 7. The van der Waals surface area contributed by atoms with Crippen molar-refractivity contribution in [1.29, 1.82) is 0 Å². The zero-order chi connectivity index (χ0) is 26.7. The molecule has 0 spiro atoms. The predicted octanol–water partition coefficient (Wildman–Crippen LogP) is 4.30. The van der Waals surface area contributed by atoms with Crippen LogP contribution in [-0.2, 0) is 14.4 Å². The van der Waals surface area contributed by atoms with Crippen LogP contribution in [0.5, 0.6) is 17.2 Å². The van der Waals surface area contributed by atoms with Gasteiger partial charge in [0.1, 0.15) is 11.5 Å². The number of hydrogen-bond donors (Lipinski definition) is 2. The van der Waals surface area contributed by atoms with Crippen molar-refractivity contribution in [2.45, 2.75) is 13.0 Å². The number of nitrogens with one attached hydrogen (secondary N) is 1. The number of methoxy groups -OCH3 is 3. The zero-order valence-electron chi connectivity index (χ0n) is 20.8. The van der Waals surface area contributed by atoms with Crippen molar-refractivity contribution >= 4 is 34.7 Å². The topological polar surface area (TPSA) is 114 Å². The summed E-state index contributed by atoms with van der Waals surface area (Å²) in [6, 6.07) is 17.2. The van der Waals surface area contributed by atoms with Crippen LogP contribution >= 0.6 is 0 Å². The Bertz CT molecular complexity index is 1400. The van der Waals surface area contributed by atoms with E-state index in [1.165, 1.54) is 39.2 Å². The second-order valence-corrected chi connectivity index (χ2v) is 8.24. The van der Waals surface area contributed by atoms with Crippen molar-refractivity contribution in [3.05, 3.63) is 83.4 Å². The molecule has 0 radical (unpaired) electrons. The van der Waals surface area contributed by atoms with Crippen LogP contribution in [0.15, 0.2) is 72.3 Å². The maximum absolute atomic E-state index is 13.4. The largest absolute Gasteiger partial charge is 0.507 e. The van der Waals surface area contributed by atoms with E-state index in [-0.39, 0.29) is 22.8 Å². The van der Waals surface area contributed by atoms with E-state index in [1.807, 2.05) is 0 Å². The number of amides is 2. The standard InChI is InChI=1S/C28H26N2O7/c1-16(31)29-19-9-11-20(12-10-19)30-25(17-6-5-7-21(14-17)35-2)24(27(33)28(30)34)26(32)18-8-13-22(36-3)23(15-18)37-4/h5-15,25,32H,1-4H3,(H,29,31)/b26-24-. The Morgan fingerprint density at radius 3 is 2.22 bits per heavy atom. The third-order valence-corrected chi connectivity index (χ3v) is 5.98. The van der Waals surface area contributed by atoms with Gasteiger partial charge in [-0.25, -0.2) is 0 Å². The zero-order valence-corrected chi connectivity index (χ0v) is 20.8. The molecule has 1 atom stereocenters. The minimum atomic E-state index is -0.949. The highest BCUT2D eigenvalue weighted by Crippen LogP contribution is 2.43. The predicted molar refractivity (Wildman–Crippen MR) is 138 cm³/mol. The van der Waals surface area contributed by atoms with E-state index in [9.17, 15) is 19.5 Å². The van der Waals surface area contributed by atoms with E-state index in [4.69, 9.17) is 14.2 Å².